The minimum absolute atomic E-state index is 0.782. The maximum atomic E-state index is 8.64. The van der Waals surface area contributed by atoms with E-state index in [1.54, 1.807) is 0 Å². The van der Waals surface area contributed by atoms with E-state index in [4.69, 9.17) is 5.21 Å². The van der Waals surface area contributed by atoms with Crippen LogP contribution in [0, 0.1) is 0 Å². The molecule has 0 radical (unpaired) electrons. The molecule has 0 saturated carbocycles. The summed E-state index contributed by atoms with van der Waals surface area (Å²) < 4.78 is 0. The SMILES string of the molecule is ON=C1CCC2CCCCN2C1. The maximum Gasteiger partial charge on any atom is 0.0711 e. The minimum atomic E-state index is 0.782. The van der Waals surface area contributed by atoms with Gasteiger partial charge in [-0.3, -0.25) is 4.90 Å². The highest BCUT2D eigenvalue weighted by molar-refractivity contribution is 5.86. The highest BCUT2D eigenvalue weighted by atomic mass is 16.4. The van der Waals surface area contributed by atoms with Gasteiger partial charge in [0.25, 0.3) is 0 Å². The molecular weight excluding hydrogens is 152 g/mol. The van der Waals surface area contributed by atoms with Crippen molar-refractivity contribution < 1.29 is 5.21 Å². The summed E-state index contributed by atoms with van der Waals surface area (Å²) in [5.74, 6) is 0. The number of oxime groups is 1. The van der Waals surface area contributed by atoms with E-state index in [0.717, 1.165) is 24.7 Å². The van der Waals surface area contributed by atoms with Crippen molar-refractivity contribution >= 4 is 5.71 Å². The van der Waals surface area contributed by atoms with Gasteiger partial charge in [0, 0.05) is 12.6 Å². The standard InChI is InChI=1S/C9H16N2O/c12-10-8-4-5-9-3-1-2-6-11(9)7-8/h9,12H,1-7H2. The molecule has 3 heteroatoms. The highest BCUT2D eigenvalue weighted by Crippen LogP contribution is 2.24. The summed E-state index contributed by atoms with van der Waals surface area (Å²) in [7, 11) is 0. The number of nitrogens with zero attached hydrogens (tertiary/aromatic N) is 2. The van der Waals surface area contributed by atoms with Crippen LogP contribution in [0.15, 0.2) is 5.16 Å². The summed E-state index contributed by atoms with van der Waals surface area (Å²) in [5, 5.41) is 12.0. The van der Waals surface area contributed by atoms with Crippen molar-refractivity contribution in [2.24, 2.45) is 5.16 Å². The quantitative estimate of drug-likeness (QED) is 0.439. The fourth-order valence-corrected chi connectivity index (χ4v) is 2.32. The molecule has 2 rings (SSSR count). The van der Waals surface area contributed by atoms with E-state index in [1.807, 2.05) is 0 Å². The molecule has 0 amide bonds. The molecular formula is C9H16N2O. The molecule has 0 aromatic heterocycles. The van der Waals surface area contributed by atoms with Gasteiger partial charge in [-0.2, -0.15) is 0 Å². The van der Waals surface area contributed by atoms with Crippen LogP contribution in [0.1, 0.15) is 32.1 Å². The van der Waals surface area contributed by atoms with Crippen LogP contribution in [0.3, 0.4) is 0 Å². The van der Waals surface area contributed by atoms with Gasteiger partial charge in [-0.1, -0.05) is 11.6 Å². The van der Waals surface area contributed by atoms with Crippen LogP contribution in [0.4, 0.5) is 0 Å². The van der Waals surface area contributed by atoms with Gasteiger partial charge in [-0.05, 0) is 32.2 Å². The largest absolute Gasteiger partial charge is 0.411 e. The first-order valence-corrected chi connectivity index (χ1v) is 4.84. The fraction of sp³-hybridized carbons (Fsp3) is 0.889. The lowest BCUT2D eigenvalue weighted by molar-refractivity contribution is 0.147. The third kappa shape index (κ3) is 1.46. The summed E-state index contributed by atoms with van der Waals surface area (Å²) in [5.41, 5.74) is 0.966. The Morgan fingerprint density at radius 1 is 1.33 bits per heavy atom. The summed E-state index contributed by atoms with van der Waals surface area (Å²) in [4.78, 5) is 2.46. The molecule has 0 aromatic carbocycles. The van der Waals surface area contributed by atoms with E-state index in [1.165, 1.54) is 32.2 Å². The van der Waals surface area contributed by atoms with Gasteiger partial charge < -0.3 is 5.21 Å². The van der Waals surface area contributed by atoms with E-state index >= 15 is 0 Å². The molecule has 0 aromatic rings. The first-order chi connectivity index (χ1) is 5.90. The number of hydrogen-bond donors (Lipinski definition) is 1. The van der Waals surface area contributed by atoms with Crippen molar-refractivity contribution in [3.05, 3.63) is 0 Å². The Morgan fingerprint density at radius 3 is 3.08 bits per heavy atom. The van der Waals surface area contributed by atoms with Gasteiger partial charge in [0.1, 0.15) is 0 Å². The van der Waals surface area contributed by atoms with Crippen LogP contribution in [0.2, 0.25) is 0 Å². The number of fused-ring (bicyclic) bond motifs is 1. The van der Waals surface area contributed by atoms with Crippen molar-refractivity contribution in [3.63, 3.8) is 0 Å². The van der Waals surface area contributed by atoms with Crippen molar-refractivity contribution in [2.45, 2.75) is 38.1 Å². The van der Waals surface area contributed by atoms with Gasteiger partial charge >= 0.3 is 0 Å². The normalized spacial score (nSPS) is 35.0. The monoisotopic (exact) mass is 168 g/mol. The van der Waals surface area contributed by atoms with E-state index in [2.05, 4.69) is 10.1 Å². The lowest BCUT2D eigenvalue weighted by atomic mass is 9.92. The number of rotatable bonds is 0. The van der Waals surface area contributed by atoms with Crippen LogP contribution in [-0.4, -0.2) is 35.0 Å². The lowest BCUT2D eigenvalue weighted by Crippen LogP contribution is -2.46. The molecule has 68 valence electrons. The number of piperidine rings is 2. The summed E-state index contributed by atoms with van der Waals surface area (Å²) in [6, 6.07) is 0.782. The molecule has 1 N–H and O–H groups in total. The van der Waals surface area contributed by atoms with E-state index in [0.29, 0.717) is 0 Å². The van der Waals surface area contributed by atoms with Gasteiger partial charge in [-0.25, -0.2) is 0 Å². The first kappa shape index (κ1) is 8.05. The van der Waals surface area contributed by atoms with Crippen LogP contribution in [0.25, 0.3) is 0 Å². The predicted molar refractivity (Wildman–Crippen MR) is 47.7 cm³/mol. The zero-order valence-corrected chi connectivity index (χ0v) is 7.37. The molecule has 2 aliphatic rings. The van der Waals surface area contributed by atoms with E-state index < -0.39 is 0 Å². The maximum absolute atomic E-state index is 8.64. The smallest absolute Gasteiger partial charge is 0.0711 e. The second-order valence-corrected chi connectivity index (χ2v) is 3.82. The predicted octanol–water partition coefficient (Wildman–Crippen LogP) is 1.46. The van der Waals surface area contributed by atoms with E-state index in [9.17, 15) is 0 Å². The average molecular weight is 168 g/mol. The Bertz CT molecular complexity index is 191. The van der Waals surface area contributed by atoms with E-state index in [-0.39, 0.29) is 0 Å². The summed E-state index contributed by atoms with van der Waals surface area (Å²) in [6.45, 7) is 2.10. The Morgan fingerprint density at radius 2 is 2.25 bits per heavy atom. The van der Waals surface area contributed by atoms with Gasteiger partial charge in [0.2, 0.25) is 0 Å². The molecule has 1 unspecified atom stereocenters. The molecule has 0 aliphatic carbocycles. The fourth-order valence-electron chi connectivity index (χ4n) is 2.32. The van der Waals surface area contributed by atoms with Gasteiger partial charge in [0.05, 0.1) is 5.71 Å². The molecule has 2 aliphatic heterocycles. The summed E-state index contributed by atoms with van der Waals surface area (Å²) >= 11 is 0. The van der Waals surface area contributed by atoms with Crippen molar-refractivity contribution in [1.29, 1.82) is 0 Å². The Kier molecular flexibility index (Phi) is 2.30. The average Bonchev–Trinajstić information content (AvgIpc) is 2.17. The second kappa shape index (κ2) is 3.44. The Hall–Kier alpha value is -0.570. The van der Waals surface area contributed by atoms with Gasteiger partial charge in [-0.15, -0.1) is 0 Å². The van der Waals surface area contributed by atoms with Crippen LogP contribution in [0.5, 0.6) is 0 Å². The third-order valence-electron chi connectivity index (χ3n) is 3.04. The van der Waals surface area contributed by atoms with Crippen molar-refractivity contribution in [3.8, 4) is 0 Å². The molecule has 0 bridgehead atoms. The molecule has 3 nitrogen and oxygen atoms in total. The number of hydrogen-bond acceptors (Lipinski definition) is 3. The Labute approximate surface area is 73.1 Å². The van der Waals surface area contributed by atoms with Crippen molar-refractivity contribution in [1.82, 2.24) is 4.90 Å². The second-order valence-electron chi connectivity index (χ2n) is 3.82. The first-order valence-electron chi connectivity index (χ1n) is 4.84. The molecule has 12 heavy (non-hydrogen) atoms. The van der Waals surface area contributed by atoms with Crippen molar-refractivity contribution in [2.75, 3.05) is 13.1 Å². The van der Waals surface area contributed by atoms with Crippen LogP contribution in [-0.2, 0) is 0 Å². The molecule has 2 fully saturated rings. The molecule has 2 heterocycles. The van der Waals surface area contributed by atoms with Crippen LogP contribution >= 0.6 is 0 Å². The zero-order valence-electron chi connectivity index (χ0n) is 7.37. The topological polar surface area (TPSA) is 35.8 Å². The zero-order chi connectivity index (χ0) is 8.39. The molecule has 1 atom stereocenters. The highest BCUT2D eigenvalue weighted by Gasteiger charge is 2.27. The lowest BCUT2D eigenvalue weighted by Gasteiger charge is -2.39. The molecule has 0 spiro atoms. The van der Waals surface area contributed by atoms with Crippen LogP contribution < -0.4 is 0 Å². The minimum Gasteiger partial charge on any atom is -0.411 e. The summed E-state index contributed by atoms with van der Waals surface area (Å²) in [6.07, 6.45) is 6.23. The third-order valence-corrected chi connectivity index (χ3v) is 3.04. The van der Waals surface area contributed by atoms with Gasteiger partial charge in [0.15, 0.2) is 0 Å². The molecule has 2 saturated heterocycles. The Balaban J connectivity index is 1.98.